The lowest BCUT2D eigenvalue weighted by Gasteiger charge is -2.24. The second-order valence-corrected chi connectivity index (χ2v) is 3.50. The van der Waals surface area contributed by atoms with Gasteiger partial charge in [0.1, 0.15) is 5.76 Å². The lowest BCUT2D eigenvalue weighted by molar-refractivity contribution is 0.164. The van der Waals surface area contributed by atoms with Gasteiger partial charge in [-0.3, -0.25) is 0 Å². The van der Waals surface area contributed by atoms with Crippen molar-refractivity contribution in [3.05, 3.63) is 24.2 Å². The summed E-state index contributed by atoms with van der Waals surface area (Å²) in [5, 5.41) is 3.22. The summed E-state index contributed by atoms with van der Waals surface area (Å²) in [6.07, 6.45) is 2.42. The van der Waals surface area contributed by atoms with Crippen LogP contribution in [0.15, 0.2) is 22.8 Å². The standard InChI is InChI=1S/C10H14FNO/c11-10(9-2-1-7-13-9)8-3-5-12-6-4-8/h1-2,7-8,10,12H,3-6H2. The molecule has 0 radical (unpaired) electrons. The van der Waals surface area contributed by atoms with Crippen molar-refractivity contribution in [2.45, 2.75) is 19.0 Å². The van der Waals surface area contributed by atoms with Gasteiger partial charge in [0.05, 0.1) is 6.26 Å². The van der Waals surface area contributed by atoms with E-state index in [9.17, 15) is 4.39 Å². The smallest absolute Gasteiger partial charge is 0.160 e. The van der Waals surface area contributed by atoms with Crippen LogP contribution in [0.3, 0.4) is 0 Å². The highest BCUT2D eigenvalue weighted by molar-refractivity contribution is 5.03. The largest absolute Gasteiger partial charge is 0.466 e. The van der Waals surface area contributed by atoms with Gasteiger partial charge in [-0.25, -0.2) is 4.39 Å². The van der Waals surface area contributed by atoms with Gasteiger partial charge in [-0.15, -0.1) is 0 Å². The molecule has 0 aromatic carbocycles. The first-order chi connectivity index (χ1) is 6.38. The molecular weight excluding hydrogens is 169 g/mol. The van der Waals surface area contributed by atoms with Crippen molar-refractivity contribution in [3.63, 3.8) is 0 Å². The Labute approximate surface area is 77.1 Å². The number of alkyl halides is 1. The Kier molecular flexibility index (Phi) is 2.64. The van der Waals surface area contributed by atoms with Crippen LogP contribution in [0, 0.1) is 5.92 Å². The van der Waals surface area contributed by atoms with E-state index in [1.165, 1.54) is 6.26 Å². The Morgan fingerprint density at radius 1 is 1.46 bits per heavy atom. The maximum atomic E-state index is 13.7. The fraction of sp³-hybridized carbons (Fsp3) is 0.600. The molecule has 3 heteroatoms. The molecule has 1 aliphatic heterocycles. The van der Waals surface area contributed by atoms with Gasteiger partial charge in [0.25, 0.3) is 0 Å². The molecule has 1 atom stereocenters. The minimum Gasteiger partial charge on any atom is -0.466 e. The lowest BCUT2D eigenvalue weighted by Crippen LogP contribution is -2.29. The van der Waals surface area contributed by atoms with Gasteiger partial charge >= 0.3 is 0 Å². The molecule has 1 unspecified atom stereocenters. The summed E-state index contributed by atoms with van der Waals surface area (Å²) in [4.78, 5) is 0. The second kappa shape index (κ2) is 3.92. The van der Waals surface area contributed by atoms with Crippen LogP contribution in [-0.2, 0) is 0 Å². The summed E-state index contributed by atoms with van der Waals surface area (Å²) < 4.78 is 18.8. The van der Waals surface area contributed by atoms with Crippen LogP contribution in [0.1, 0.15) is 24.8 Å². The van der Waals surface area contributed by atoms with Gasteiger partial charge in [0, 0.05) is 0 Å². The van der Waals surface area contributed by atoms with Crippen molar-refractivity contribution >= 4 is 0 Å². The van der Waals surface area contributed by atoms with Crippen LogP contribution < -0.4 is 5.32 Å². The molecule has 1 N–H and O–H groups in total. The predicted molar refractivity (Wildman–Crippen MR) is 48.2 cm³/mol. The van der Waals surface area contributed by atoms with Gasteiger partial charge in [-0.2, -0.15) is 0 Å². The van der Waals surface area contributed by atoms with Gasteiger partial charge in [-0.05, 0) is 44.0 Å². The fourth-order valence-electron chi connectivity index (χ4n) is 1.82. The molecule has 2 rings (SSSR count). The van der Waals surface area contributed by atoms with Crippen molar-refractivity contribution in [3.8, 4) is 0 Å². The SMILES string of the molecule is FC(c1ccco1)C1CCNCC1. The Morgan fingerprint density at radius 3 is 2.85 bits per heavy atom. The van der Waals surface area contributed by atoms with Crippen LogP contribution in [0.25, 0.3) is 0 Å². The second-order valence-electron chi connectivity index (χ2n) is 3.50. The van der Waals surface area contributed by atoms with Gasteiger partial charge in [0.2, 0.25) is 0 Å². The van der Waals surface area contributed by atoms with Gasteiger partial charge in [0.15, 0.2) is 6.17 Å². The molecule has 1 aromatic rings. The predicted octanol–water partition coefficient (Wildman–Crippen LogP) is 2.29. The van der Waals surface area contributed by atoms with Crippen molar-refractivity contribution in [1.29, 1.82) is 0 Å². The van der Waals surface area contributed by atoms with E-state index < -0.39 is 6.17 Å². The summed E-state index contributed by atoms with van der Waals surface area (Å²) in [6.45, 7) is 1.84. The first kappa shape index (κ1) is 8.75. The lowest BCUT2D eigenvalue weighted by atomic mass is 9.92. The average molecular weight is 183 g/mol. The van der Waals surface area contributed by atoms with Crippen LogP contribution in [-0.4, -0.2) is 13.1 Å². The first-order valence-corrected chi connectivity index (χ1v) is 4.76. The highest BCUT2D eigenvalue weighted by Gasteiger charge is 2.26. The number of hydrogen-bond donors (Lipinski definition) is 1. The molecule has 13 heavy (non-hydrogen) atoms. The summed E-state index contributed by atoms with van der Waals surface area (Å²) in [5.74, 6) is 0.610. The van der Waals surface area contributed by atoms with Crippen LogP contribution >= 0.6 is 0 Å². The van der Waals surface area contributed by atoms with Crippen molar-refractivity contribution in [2.75, 3.05) is 13.1 Å². The zero-order valence-corrected chi connectivity index (χ0v) is 7.50. The molecule has 1 aromatic heterocycles. The van der Waals surface area contributed by atoms with Crippen LogP contribution in [0.5, 0.6) is 0 Å². The number of furan rings is 1. The average Bonchev–Trinajstić information content (AvgIpc) is 2.71. The molecule has 0 amide bonds. The molecule has 1 saturated heterocycles. The normalized spacial score (nSPS) is 21.6. The van der Waals surface area contributed by atoms with Crippen molar-refractivity contribution in [2.24, 2.45) is 5.92 Å². The van der Waals surface area contributed by atoms with E-state index in [-0.39, 0.29) is 5.92 Å². The number of hydrogen-bond acceptors (Lipinski definition) is 2. The maximum absolute atomic E-state index is 13.7. The zero-order chi connectivity index (χ0) is 9.10. The van der Waals surface area contributed by atoms with E-state index in [4.69, 9.17) is 4.42 Å². The summed E-state index contributed by atoms with van der Waals surface area (Å²) in [6, 6.07) is 3.45. The third kappa shape index (κ3) is 1.91. The van der Waals surface area contributed by atoms with E-state index in [2.05, 4.69) is 5.32 Å². The number of halogens is 1. The number of rotatable bonds is 2. The topological polar surface area (TPSA) is 25.2 Å². The van der Waals surface area contributed by atoms with E-state index in [0.717, 1.165) is 25.9 Å². The van der Waals surface area contributed by atoms with Crippen LogP contribution in [0.2, 0.25) is 0 Å². The highest BCUT2D eigenvalue weighted by Crippen LogP contribution is 2.32. The minimum atomic E-state index is -0.919. The summed E-state index contributed by atoms with van der Waals surface area (Å²) >= 11 is 0. The first-order valence-electron chi connectivity index (χ1n) is 4.76. The molecule has 0 aliphatic carbocycles. The Morgan fingerprint density at radius 2 is 2.23 bits per heavy atom. The Balaban J connectivity index is 1.99. The number of nitrogens with one attached hydrogen (secondary N) is 1. The van der Waals surface area contributed by atoms with E-state index in [1.54, 1.807) is 12.1 Å². The zero-order valence-electron chi connectivity index (χ0n) is 7.50. The molecule has 1 fully saturated rings. The van der Waals surface area contributed by atoms with E-state index in [0.29, 0.717) is 5.76 Å². The van der Waals surface area contributed by atoms with Crippen molar-refractivity contribution in [1.82, 2.24) is 5.32 Å². The molecule has 0 bridgehead atoms. The molecule has 2 heterocycles. The van der Waals surface area contributed by atoms with Gasteiger partial charge in [-0.1, -0.05) is 0 Å². The quantitative estimate of drug-likeness (QED) is 0.761. The molecule has 1 aliphatic rings. The molecule has 2 nitrogen and oxygen atoms in total. The third-order valence-corrected chi connectivity index (χ3v) is 2.61. The maximum Gasteiger partial charge on any atom is 0.160 e. The summed E-state index contributed by atoms with van der Waals surface area (Å²) in [7, 11) is 0. The molecule has 0 spiro atoms. The molecule has 72 valence electrons. The van der Waals surface area contributed by atoms with Gasteiger partial charge < -0.3 is 9.73 Å². The minimum absolute atomic E-state index is 0.132. The van der Waals surface area contributed by atoms with E-state index >= 15 is 0 Å². The fourth-order valence-corrected chi connectivity index (χ4v) is 1.82. The number of piperidine rings is 1. The molecular formula is C10H14FNO. The monoisotopic (exact) mass is 183 g/mol. The van der Waals surface area contributed by atoms with Crippen LogP contribution in [0.4, 0.5) is 4.39 Å². The highest BCUT2D eigenvalue weighted by atomic mass is 19.1. The third-order valence-electron chi connectivity index (χ3n) is 2.61. The molecule has 0 saturated carbocycles. The van der Waals surface area contributed by atoms with E-state index in [1.807, 2.05) is 0 Å². The Bertz CT molecular complexity index is 241. The summed E-state index contributed by atoms with van der Waals surface area (Å²) in [5.41, 5.74) is 0. The Hall–Kier alpha value is -0.830. The van der Waals surface area contributed by atoms with Crippen molar-refractivity contribution < 1.29 is 8.81 Å².